The van der Waals surface area contributed by atoms with Gasteiger partial charge in [0.05, 0.1) is 27.4 Å². The SMILES string of the molecule is COc1ccc(C(OC[C@@]2(CO[Si](C(C)C)(C(C)C)C(C)C)O[C@@H](n3cc(C)c(=O)[nH]c3=O)C(O)OC2O)(c2ccccc2)c2ccc(OC)cc2)cc1. The summed E-state index contributed by atoms with van der Waals surface area (Å²) in [6.45, 7) is 13.9. The number of methoxy groups -OCH3 is 2. The number of rotatable bonds is 15. The molecule has 1 aromatic heterocycles. The van der Waals surface area contributed by atoms with Crippen LogP contribution >= 0.6 is 0 Å². The van der Waals surface area contributed by atoms with Crippen molar-refractivity contribution in [3.05, 3.63) is 128 Å². The summed E-state index contributed by atoms with van der Waals surface area (Å²) in [6, 6.07) is 24.7. The van der Waals surface area contributed by atoms with Crippen LogP contribution in [0.2, 0.25) is 16.6 Å². The first kappa shape index (κ1) is 41.1. The number of benzene rings is 3. The molecule has 0 radical (unpaired) electrons. The molecule has 12 nitrogen and oxygen atoms in total. The zero-order valence-corrected chi connectivity index (χ0v) is 33.6. The highest BCUT2D eigenvalue weighted by Gasteiger charge is 2.55. The van der Waals surface area contributed by atoms with Crippen molar-refractivity contribution in [2.75, 3.05) is 27.4 Å². The van der Waals surface area contributed by atoms with E-state index in [2.05, 4.69) is 46.5 Å². The summed E-state index contributed by atoms with van der Waals surface area (Å²) in [6.07, 6.45) is -3.77. The summed E-state index contributed by atoms with van der Waals surface area (Å²) in [5.74, 6) is 1.30. The van der Waals surface area contributed by atoms with Gasteiger partial charge in [0.25, 0.3) is 5.56 Å². The van der Waals surface area contributed by atoms with Gasteiger partial charge in [-0.3, -0.25) is 14.3 Å². The first-order valence-corrected chi connectivity index (χ1v) is 20.4. The molecule has 54 heavy (non-hydrogen) atoms. The molecule has 3 aromatic carbocycles. The van der Waals surface area contributed by atoms with E-state index >= 15 is 0 Å². The molecule has 1 aliphatic rings. The van der Waals surface area contributed by atoms with Crippen LogP contribution in [-0.4, -0.2) is 73.7 Å². The smallest absolute Gasteiger partial charge is 0.330 e. The molecule has 1 fully saturated rings. The number of hydrogen-bond acceptors (Lipinski definition) is 10. The summed E-state index contributed by atoms with van der Waals surface area (Å²) in [5.41, 5.74) is -1.57. The third-order valence-corrected chi connectivity index (χ3v) is 16.8. The number of hydrogen-bond donors (Lipinski definition) is 3. The Kier molecular flexibility index (Phi) is 12.7. The van der Waals surface area contributed by atoms with Gasteiger partial charge in [-0.1, -0.05) is 96.1 Å². The largest absolute Gasteiger partial charge is 0.497 e. The summed E-state index contributed by atoms with van der Waals surface area (Å²) < 4.78 is 39.0. The van der Waals surface area contributed by atoms with Crippen LogP contribution < -0.4 is 20.7 Å². The number of H-pyrrole nitrogens is 1. The van der Waals surface area contributed by atoms with Crippen LogP contribution in [0.25, 0.3) is 0 Å². The fraction of sp³-hybridized carbons (Fsp3) is 0.463. The molecular weight excluding hydrogens is 709 g/mol. The van der Waals surface area contributed by atoms with Crippen LogP contribution in [0.1, 0.15) is 70.0 Å². The molecule has 0 saturated carbocycles. The van der Waals surface area contributed by atoms with Crippen LogP contribution in [0.15, 0.2) is 94.6 Å². The third-order valence-electron chi connectivity index (χ3n) is 10.7. The molecule has 0 aliphatic carbocycles. The minimum atomic E-state index is -2.63. The van der Waals surface area contributed by atoms with Gasteiger partial charge in [-0.2, -0.15) is 0 Å². The van der Waals surface area contributed by atoms with Crippen molar-refractivity contribution in [3.8, 4) is 11.5 Å². The lowest BCUT2D eigenvalue weighted by Gasteiger charge is -2.50. The molecule has 4 aromatic rings. The second-order valence-corrected chi connectivity index (χ2v) is 20.3. The van der Waals surface area contributed by atoms with E-state index in [1.807, 2.05) is 78.9 Å². The topological polar surface area (TPSA) is 151 Å². The molecule has 1 saturated heterocycles. The molecule has 5 rings (SSSR count). The average molecular weight is 763 g/mol. The zero-order valence-electron chi connectivity index (χ0n) is 32.6. The zero-order chi connectivity index (χ0) is 39.4. The Hall–Kier alpha value is -4.08. The number of aromatic amines is 1. The lowest BCUT2D eigenvalue weighted by molar-refractivity contribution is -0.399. The van der Waals surface area contributed by atoms with E-state index in [9.17, 15) is 19.8 Å². The van der Waals surface area contributed by atoms with Gasteiger partial charge in [0.15, 0.2) is 26.4 Å². The molecule has 0 spiro atoms. The Bertz CT molecular complexity index is 1880. The van der Waals surface area contributed by atoms with Gasteiger partial charge >= 0.3 is 5.69 Å². The number of aliphatic hydroxyl groups is 2. The van der Waals surface area contributed by atoms with Crippen molar-refractivity contribution >= 4 is 8.32 Å². The van der Waals surface area contributed by atoms with Gasteiger partial charge in [0, 0.05) is 11.8 Å². The molecule has 3 N–H and O–H groups in total. The minimum absolute atomic E-state index is 0.171. The van der Waals surface area contributed by atoms with Crippen LogP contribution in [0.4, 0.5) is 0 Å². The molecule has 292 valence electrons. The van der Waals surface area contributed by atoms with Crippen molar-refractivity contribution in [2.45, 2.75) is 95.1 Å². The number of nitrogens with zero attached hydrogens (tertiary/aromatic N) is 1. The second-order valence-electron chi connectivity index (χ2n) is 14.8. The molecule has 2 unspecified atom stereocenters. The fourth-order valence-electron chi connectivity index (χ4n) is 7.95. The van der Waals surface area contributed by atoms with Crippen molar-refractivity contribution < 1.29 is 38.3 Å². The van der Waals surface area contributed by atoms with Gasteiger partial charge in [0.1, 0.15) is 17.1 Å². The Morgan fingerprint density at radius 1 is 0.796 bits per heavy atom. The van der Waals surface area contributed by atoms with E-state index in [-0.39, 0.29) is 35.4 Å². The highest BCUT2D eigenvalue weighted by molar-refractivity contribution is 6.77. The number of aromatic nitrogens is 2. The number of nitrogens with one attached hydrogen (secondary N) is 1. The van der Waals surface area contributed by atoms with Crippen molar-refractivity contribution in [1.29, 1.82) is 0 Å². The first-order valence-electron chi connectivity index (χ1n) is 18.3. The quantitative estimate of drug-likeness (QED) is 0.0975. The van der Waals surface area contributed by atoms with Crippen molar-refractivity contribution in [3.63, 3.8) is 0 Å². The Morgan fingerprint density at radius 2 is 1.30 bits per heavy atom. The highest BCUT2D eigenvalue weighted by Crippen LogP contribution is 2.46. The van der Waals surface area contributed by atoms with Crippen LogP contribution in [0, 0.1) is 6.92 Å². The summed E-state index contributed by atoms with van der Waals surface area (Å²) in [4.78, 5) is 27.8. The minimum Gasteiger partial charge on any atom is -0.497 e. The van der Waals surface area contributed by atoms with Gasteiger partial charge in [-0.05, 0) is 64.5 Å². The van der Waals surface area contributed by atoms with E-state index in [0.29, 0.717) is 11.5 Å². The van der Waals surface area contributed by atoms with E-state index in [1.165, 1.54) is 13.1 Å². The molecule has 0 bridgehead atoms. The van der Waals surface area contributed by atoms with Gasteiger partial charge in [-0.15, -0.1) is 0 Å². The first-order chi connectivity index (χ1) is 25.6. The predicted molar refractivity (Wildman–Crippen MR) is 207 cm³/mol. The summed E-state index contributed by atoms with van der Waals surface area (Å²) >= 11 is 0. The Balaban J connectivity index is 1.73. The predicted octanol–water partition coefficient (Wildman–Crippen LogP) is 5.98. The van der Waals surface area contributed by atoms with Crippen molar-refractivity contribution in [2.24, 2.45) is 0 Å². The van der Waals surface area contributed by atoms with Crippen molar-refractivity contribution in [1.82, 2.24) is 9.55 Å². The van der Waals surface area contributed by atoms with Gasteiger partial charge < -0.3 is 38.3 Å². The maximum atomic E-state index is 13.2. The second kappa shape index (κ2) is 16.7. The van der Waals surface area contributed by atoms with Crippen LogP contribution in [0.3, 0.4) is 0 Å². The lowest BCUT2D eigenvalue weighted by Crippen LogP contribution is -2.64. The molecule has 4 atom stereocenters. The third kappa shape index (κ3) is 7.72. The van der Waals surface area contributed by atoms with Crippen LogP contribution in [0.5, 0.6) is 11.5 Å². The highest BCUT2D eigenvalue weighted by atomic mass is 28.4. The number of aliphatic hydroxyl groups excluding tert-OH is 2. The standard InChI is InChI=1S/C41H54N2O10Si/c1-26(2)54(27(3)4,28(5)6)51-25-40(38(46)52-37(45)36(53-40)43-23-29(7)35(44)42-39(43)47)24-50-41(30-13-11-10-12-14-30,31-15-19-33(48-8)20-16-31)32-17-21-34(49-9)22-18-32/h10-23,26-28,36-38,45-46H,24-25H2,1-9H3,(H,42,44,47)/t36-,37?,38?,40+/m1/s1. The molecule has 1 aliphatic heterocycles. The molecule has 0 amide bonds. The van der Waals surface area contributed by atoms with E-state index in [4.69, 9.17) is 28.1 Å². The average Bonchev–Trinajstić information content (AvgIpc) is 3.15. The summed E-state index contributed by atoms with van der Waals surface area (Å²) in [5, 5.41) is 23.2. The Morgan fingerprint density at radius 3 is 1.78 bits per heavy atom. The van der Waals surface area contributed by atoms with Gasteiger partial charge in [0.2, 0.25) is 6.29 Å². The summed E-state index contributed by atoms with van der Waals surface area (Å²) in [7, 11) is 0.564. The lowest BCUT2D eigenvalue weighted by atomic mass is 9.79. The van der Waals surface area contributed by atoms with E-state index in [1.54, 1.807) is 14.2 Å². The number of aryl methyl sites for hydroxylation is 1. The molecular formula is C41H54N2O10Si. The van der Waals surface area contributed by atoms with E-state index < -0.39 is 49.6 Å². The number of ether oxygens (including phenoxy) is 5. The molecule has 13 heteroatoms. The van der Waals surface area contributed by atoms with E-state index in [0.717, 1.165) is 21.3 Å². The Labute approximate surface area is 317 Å². The maximum absolute atomic E-state index is 13.2. The normalized spacial score (nSPS) is 20.8. The maximum Gasteiger partial charge on any atom is 0.330 e. The fourth-order valence-corrected chi connectivity index (χ4v) is 13.4. The monoisotopic (exact) mass is 762 g/mol. The molecule has 2 heterocycles. The van der Waals surface area contributed by atoms with Gasteiger partial charge in [-0.25, -0.2) is 4.79 Å². The van der Waals surface area contributed by atoms with Crippen LogP contribution in [-0.2, 0) is 24.2 Å².